The number of rotatable bonds is 3. The van der Waals surface area contributed by atoms with E-state index < -0.39 is 0 Å². The van der Waals surface area contributed by atoms with Crippen LogP contribution < -0.4 is 5.32 Å². The van der Waals surface area contributed by atoms with Crippen LogP contribution in [0.3, 0.4) is 0 Å². The number of hydrogen-bond donors (Lipinski definition) is 2. The van der Waals surface area contributed by atoms with Gasteiger partial charge in [-0.15, -0.1) is 0 Å². The lowest BCUT2D eigenvalue weighted by Gasteiger charge is -2.05. The molecule has 0 unspecified atom stereocenters. The molecule has 2 N–H and O–H groups in total. The average Bonchev–Trinajstić information content (AvgIpc) is 2.86. The smallest absolute Gasteiger partial charge is 0.272 e. The van der Waals surface area contributed by atoms with Crippen molar-refractivity contribution in [2.45, 2.75) is 13.5 Å². The second-order valence-corrected chi connectivity index (χ2v) is 3.12. The van der Waals surface area contributed by atoms with Crippen LogP contribution in [0.25, 0.3) is 0 Å². The van der Waals surface area contributed by atoms with Crippen LogP contribution in [-0.2, 0) is 6.54 Å². The molecule has 0 aliphatic heterocycles. The van der Waals surface area contributed by atoms with Crippen LogP contribution in [-0.4, -0.2) is 20.7 Å². The highest BCUT2D eigenvalue weighted by Gasteiger charge is 2.09. The number of nitrogens with one attached hydrogen (secondary N) is 2. The molecule has 0 aromatic carbocycles. The predicted molar refractivity (Wildman–Crippen MR) is 56.6 cm³/mol. The van der Waals surface area contributed by atoms with Crippen LogP contribution in [0.2, 0.25) is 0 Å². The summed E-state index contributed by atoms with van der Waals surface area (Å²) < 4.78 is 1.88. The van der Waals surface area contributed by atoms with Crippen molar-refractivity contribution in [3.05, 3.63) is 36.4 Å². The Hall–Kier alpha value is -2.04. The highest BCUT2D eigenvalue weighted by Crippen LogP contribution is 2.07. The predicted octanol–water partition coefficient (Wildman–Crippen LogP) is 1.48. The van der Waals surface area contributed by atoms with Crippen LogP contribution >= 0.6 is 0 Å². The average molecular weight is 204 g/mol. The molecule has 0 fully saturated rings. The van der Waals surface area contributed by atoms with Crippen molar-refractivity contribution < 1.29 is 4.79 Å². The fourth-order valence-electron chi connectivity index (χ4n) is 1.41. The monoisotopic (exact) mass is 204 g/mol. The molecule has 0 aliphatic carbocycles. The van der Waals surface area contributed by atoms with E-state index in [0.717, 1.165) is 6.54 Å². The van der Waals surface area contributed by atoms with E-state index in [1.54, 1.807) is 18.5 Å². The second kappa shape index (κ2) is 4.00. The first kappa shape index (κ1) is 9.51. The minimum Gasteiger partial charge on any atom is -0.344 e. The molecule has 1 amide bonds. The molecule has 0 saturated heterocycles. The zero-order chi connectivity index (χ0) is 10.7. The number of nitrogens with zero attached hydrogens (tertiary/aromatic N) is 2. The number of aromatic amines is 1. The molecule has 5 nitrogen and oxygen atoms in total. The summed E-state index contributed by atoms with van der Waals surface area (Å²) in [5.74, 6) is -0.122. The first-order chi connectivity index (χ1) is 7.31. The number of carbonyl (C=O) groups excluding carboxylic acids is 1. The molecular formula is C10H12N4O. The van der Waals surface area contributed by atoms with Gasteiger partial charge in [-0.1, -0.05) is 0 Å². The molecule has 2 rings (SSSR count). The van der Waals surface area contributed by atoms with Gasteiger partial charge in [-0.2, -0.15) is 5.10 Å². The molecule has 2 aromatic rings. The molecule has 0 bridgehead atoms. The minimum atomic E-state index is -0.122. The van der Waals surface area contributed by atoms with Crippen LogP contribution in [0.1, 0.15) is 17.4 Å². The summed E-state index contributed by atoms with van der Waals surface area (Å²) in [7, 11) is 0. The molecule has 2 heterocycles. The van der Waals surface area contributed by atoms with E-state index in [1.165, 1.54) is 0 Å². The SMILES string of the molecule is CCn1cccc1C(=O)Nc1cn[nH]c1. The van der Waals surface area contributed by atoms with Gasteiger partial charge >= 0.3 is 0 Å². The Labute approximate surface area is 87.1 Å². The van der Waals surface area contributed by atoms with Crippen LogP contribution in [0, 0.1) is 0 Å². The lowest BCUT2D eigenvalue weighted by Crippen LogP contribution is -2.15. The second-order valence-electron chi connectivity index (χ2n) is 3.12. The molecule has 0 radical (unpaired) electrons. The van der Waals surface area contributed by atoms with Gasteiger partial charge in [0.2, 0.25) is 0 Å². The maximum Gasteiger partial charge on any atom is 0.272 e. The van der Waals surface area contributed by atoms with Gasteiger partial charge in [0.25, 0.3) is 5.91 Å². The lowest BCUT2D eigenvalue weighted by atomic mass is 10.4. The van der Waals surface area contributed by atoms with Gasteiger partial charge in [0.05, 0.1) is 11.9 Å². The highest BCUT2D eigenvalue weighted by molar-refractivity contribution is 6.03. The van der Waals surface area contributed by atoms with Crippen LogP contribution in [0.5, 0.6) is 0 Å². The van der Waals surface area contributed by atoms with Crippen LogP contribution in [0.15, 0.2) is 30.7 Å². The van der Waals surface area contributed by atoms with E-state index >= 15 is 0 Å². The first-order valence-corrected chi connectivity index (χ1v) is 4.76. The summed E-state index contributed by atoms with van der Waals surface area (Å²) in [4.78, 5) is 11.8. The molecular weight excluding hydrogens is 192 g/mol. The largest absolute Gasteiger partial charge is 0.344 e. The number of aryl methyl sites for hydroxylation is 1. The molecule has 0 atom stereocenters. The highest BCUT2D eigenvalue weighted by atomic mass is 16.1. The number of carbonyl (C=O) groups is 1. The van der Waals surface area contributed by atoms with E-state index in [0.29, 0.717) is 11.4 Å². The number of hydrogen-bond acceptors (Lipinski definition) is 2. The van der Waals surface area contributed by atoms with Gasteiger partial charge in [-0.05, 0) is 19.1 Å². The van der Waals surface area contributed by atoms with Crippen LogP contribution in [0.4, 0.5) is 5.69 Å². The summed E-state index contributed by atoms with van der Waals surface area (Å²) in [6.07, 6.45) is 5.08. The molecule has 5 heteroatoms. The zero-order valence-electron chi connectivity index (χ0n) is 8.40. The number of aromatic nitrogens is 3. The summed E-state index contributed by atoms with van der Waals surface area (Å²) in [5.41, 5.74) is 1.32. The third-order valence-electron chi connectivity index (χ3n) is 2.16. The van der Waals surface area contributed by atoms with E-state index in [1.807, 2.05) is 23.8 Å². The zero-order valence-corrected chi connectivity index (χ0v) is 8.40. The third-order valence-corrected chi connectivity index (χ3v) is 2.16. The maximum atomic E-state index is 11.8. The quantitative estimate of drug-likeness (QED) is 0.795. The van der Waals surface area contributed by atoms with Gasteiger partial charge in [0, 0.05) is 18.9 Å². The molecule has 78 valence electrons. The van der Waals surface area contributed by atoms with Crippen molar-refractivity contribution in [2.75, 3.05) is 5.32 Å². The van der Waals surface area contributed by atoms with Crippen molar-refractivity contribution in [1.82, 2.24) is 14.8 Å². The van der Waals surface area contributed by atoms with Gasteiger partial charge in [0.15, 0.2) is 0 Å². The molecule has 0 aliphatic rings. The Morgan fingerprint density at radius 3 is 3.20 bits per heavy atom. The van der Waals surface area contributed by atoms with E-state index in [4.69, 9.17) is 0 Å². The van der Waals surface area contributed by atoms with Crippen molar-refractivity contribution in [3.8, 4) is 0 Å². The van der Waals surface area contributed by atoms with Crippen molar-refractivity contribution >= 4 is 11.6 Å². The van der Waals surface area contributed by atoms with E-state index in [-0.39, 0.29) is 5.91 Å². The van der Waals surface area contributed by atoms with E-state index in [9.17, 15) is 4.79 Å². The Morgan fingerprint density at radius 2 is 2.53 bits per heavy atom. The fraction of sp³-hybridized carbons (Fsp3) is 0.200. The van der Waals surface area contributed by atoms with Gasteiger partial charge < -0.3 is 9.88 Å². The Kier molecular flexibility index (Phi) is 2.53. The van der Waals surface area contributed by atoms with Gasteiger partial charge in [-0.3, -0.25) is 9.89 Å². The fourth-order valence-corrected chi connectivity index (χ4v) is 1.41. The molecule has 0 saturated carbocycles. The van der Waals surface area contributed by atoms with Crippen molar-refractivity contribution in [1.29, 1.82) is 0 Å². The van der Waals surface area contributed by atoms with Crippen molar-refractivity contribution in [2.24, 2.45) is 0 Å². The maximum absolute atomic E-state index is 11.8. The van der Waals surface area contributed by atoms with Crippen molar-refractivity contribution in [3.63, 3.8) is 0 Å². The Balaban J connectivity index is 2.15. The first-order valence-electron chi connectivity index (χ1n) is 4.76. The third kappa shape index (κ3) is 1.90. The van der Waals surface area contributed by atoms with E-state index in [2.05, 4.69) is 15.5 Å². The minimum absolute atomic E-state index is 0.122. The number of anilines is 1. The summed E-state index contributed by atoms with van der Waals surface area (Å²) in [6, 6.07) is 3.65. The van der Waals surface area contributed by atoms with Gasteiger partial charge in [0.1, 0.15) is 5.69 Å². The topological polar surface area (TPSA) is 62.7 Å². The summed E-state index contributed by atoms with van der Waals surface area (Å²) >= 11 is 0. The molecule has 15 heavy (non-hydrogen) atoms. The molecule has 0 spiro atoms. The standard InChI is InChI=1S/C10H12N4O/c1-2-14-5-3-4-9(14)10(15)13-8-6-11-12-7-8/h3-7H,2H2,1H3,(H,11,12)(H,13,15). The number of amides is 1. The van der Waals surface area contributed by atoms with Gasteiger partial charge in [-0.25, -0.2) is 0 Å². The normalized spacial score (nSPS) is 10.2. The Morgan fingerprint density at radius 1 is 1.67 bits per heavy atom. The molecule has 2 aromatic heterocycles. The lowest BCUT2D eigenvalue weighted by molar-refractivity contribution is 0.101. The Bertz CT molecular complexity index is 444. The summed E-state index contributed by atoms with van der Waals surface area (Å²) in [6.45, 7) is 2.77. The number of H-pyrrole nitrogens is 1. The summed E-state index contributed by atoms with van der Waals surface area (Å²) in [5, 5.41) is 9.14.